The molecule has 3 aromatic carbocycles. The van der Waals surface area contributed by atoms with Crippen molar-refractivity contribution >= 4 is 104 Å². The third kappa shape index (κ3) is 4.47. The van der Waals surface area contributed by atoms with Gasteiger partial charge in [0.1, 0.15) is 0 Å². The predicted octanol–water partition coefficient (Wildman–Crippen LogP) is 8.02. The second-order valence-corrected chi connectivity index (χ2v) is 10.4. The van der Waals surface area contributed by atoms with Crippen molar-refractivity contribution in [2.75, 3.05) is 0 Å². The summed E-state index contributed by atoms with van der Waals surface area (Å²) in [6, 6.07) is 7.75. The Kier molecular flexibility index (Phi) is 8.04. The maximum Gasteiger partial charge on any atom is 0.345 e. The number of aromatic nitrogens is 3. The Morgan fingerprint density at radius 3 is 0.806 bits per heavy atom. The van der Waals surface area contributed by atoms with Crippen molar-refractivity contribution < 1.29 is 0 Å². The van der Waals surface area contributed by atoms with Crippen molar-refractivity contribution in [3.63, 3.8) is 0 Å². The first-order valence-electron chi connectivity index (χ1n) is 9.31. The van der Waals surface area contributed by atoms with Gasteiger partial charge in [-0.2, -0.15) is 0 Å². The molecule has 15 heteroatoms. The lowest BCUT2D eigenvalue weighted by Crippen LogP contribution is -2.53. The van der Waals surface area contributed by atoms with Crippen molar-refractivity contribution in [1.82, 2.24) is 13.7 Å². The Hall–Kier alpha value is -1.32. The molecule has 0 spiro atoms. The Bertz CT molecular complexity index is 1530. The summed E-state index contributed by atoms with van der Waals surface area (Å²) in [5.41, 5.74) is -4.02. The first-order valence-corrected chi connectivity index (χ1v) is 12.7. The van der Waals surface area contributed by atoms with E-state index in [9.17, 15) is 14.4 Å². The van der Waals surface area contributed by atoms with Gasteiger partial charge in [-0.1, -0.05) is 104 Å². The molecule has 0 atom stereocenters. The van der Waals surface area contributed by atoms with Gasteiger partial charge in [0.05, 0.1) is 62.3 Å². The van der Waals surface area contributed by atoms with Crippen LogP contribution in [0, 0.1) is 0 Å². The monoisotopic (exact) mass is 663 g/mol. The van der Waals surface area contributed by atoms with Crippen LogP contribution in [-0.2, 0) is 0 Å². The SMILES string of the molecule is O=c1n(-c2ccc(Cl)c(Cl)c2Cl)c(=O)n(-c2ccc(Cl)c(Cl)c2Cl)c(=O)n1-c1ccc(Cl)c(Cl)c1Cl. The van der Waals surface area contributed by atoms with Gasteiger partial charge >= 0.3 is 17.1 Å². The molecule has 0 saturated carbocycles. The van der Waals surface area contributed by atoms with E-state index in [1.807, 2.05) is 0 Å². The molecule has 0 N–H and O–H groups in total. The van der Waals surface area contributed by atoms with Crippen LogP contribution in [0.1, 0.15) is 0 Å². The van der Waals surface area contributed by atoms with Crippen LogP contribution in [0.2, 0.25) is 45.2 Å². The van der Waals surface area contributed by atoms with Crippen LogP contribution in [0.4, 0.5) is 0 Å². The molecular weight excluding hydrogens is 661 g/mol. The molecule has 1 aromatic heterocycles. The Morgan fingerprint density at radius 2 is 0.583 bits per heavy atom. The lowest BCUT2D eigenvalue weighted by atomic mass is 10.3. The van der Waals surface area contributed by atoms with E-state index in [2.05, 4.69) is 0 Å². The second-order valence-electron chi connectivity index (χ2n) is 6.94. The number of rotatable bonds is 3. The quantitative estimate of drug-likeness (QED) is 0.208. The molecule has 0 radical (unpaired) electrons. The third-order valence-corrected chi connectivity index (χ3v) is 8.77. The van der Waals surface area contributed by atoms with Gasteiger partial charge in [-0.15, -0.1) is 0 Å². The summed E-state index contributed by atoms with van der Waals surface area (Å²) < 4.78 is 1.76. The minimum absolute atomic E-state index is 0.0622. The zero-order chi connectivity index (χ0) is 26.6. The Morgan fingerprint density at radius 1 is 0.361 bits per heavy atom. The average Bonchev–Trinajstić information content (AvgIpc) is 2.83. The minimum Gasteiger partial charge on any atom is -0.246 e. The van der Waals surface area contributed by atoms with Crippen molar-refractivity contribution in [3.8, 4) is 17.1 Å². The van der Waals surface area contributed by atoms with E-state index in [1.165, 1.54) is 36.4 Å². The van der Waals surface area contributed by atoms with E-state index < -0.39 is 17.1 Å². The summed E-state index contributed by atoms with van der Waals surface area (Å²) >= 11 is 55.4. The van der Waals surface area contributed by atoms with Crippen molar-refractivity contribution in [2.45, 2.75) is 0 Å². The molecular formula is C21H6Cl9N3O3. The number of halogens is 9. The standard InChI is InChI=1S/C21H6Cl9N3O3/c22-7-1-4-10(16(28)13(7)25)31-19(34)32(11-5-2-8(23)14(26)17(11)29)21(36)33(20(31)35)12-6-3-9(24)15(27)18(12)30/h1-6H. The summed E-state index contributed by atoms with van der Waals surface area (Å²) in [7, 11) is 0. The van der Waals surface area contributed by atoms with Gasteiger partial charge in [0, 0.05) is 0 Å². The lowest BCUT2D eigenvalue weighted by Gasteiger charge is -2.17. The zero-order valence-corrected chi connectivity index (χ0v) is 23.7. The predicted molar refractivity (Wildman–Crippen MR) is 148 cm³/mol. The lowest BCUT2D eigenvalue weighted by molar-refractivity contribution is 0.660. The van der Waals surface area contributed by atoms with Gasteiger partial charge in [0.2, 0.25) is 0 Å². The molecule has 36 heavy (non-hydrogen) atoms. The van der Waals surface area contributed by atoms with Crippen LogP contribution in [0.25, 0.3) is 17.1 Å². The molecule has 0 saturated heterocycles. The van der Waals surface area contributed by atoms with Crippen molar-refractivity contribution in [2.24, 2.45) is 0 Å². The van der Waals surface area contributed by atoms with Crippen LogP contribution < -0.4 is 17.1 Å². The summed E-state index contributed by atoms with van der Waals surface area (Å²) in [5.74, 6) is 0. The highest BCUT2D eigenvalue weighted by atomic mass is 35.5. The Labute approximate surface area is 246 Å². The molecule has 0 aliphatic rings. The van der Waals surface area contributed by atoms with E-state index in [-0.39, 0.29) is 62.3 Å². The van der Waals surface area contributed by atoms with Gasteiger partial charge in [-0.3, -0.25) is 0 Å². The molecule has 0 amide bonds. The van der Waals surface area contributed by atoms with E-state index in [4.69, 9.17) is 104 Å². The number of benzene rings is 3. The first kappa shape index (κ1) is 27.7. The topological polar surface area (TPSA) is 66.0 Å². The molecule has 0 fully saturated rings. The summed E-state index contributed by atoms with van der Waals surface area (Å²) in [5, 5.41) is -0.919. The van der Waals surface area contributed by atoms with E-state index >= 15 is 0 Å². The van der Waals surface area contributed by atoms with Gasteiger partial charge < -0.3 is 0 Å². The Balaban J connectivity index is 2.27. The molecule has 1 heterocycles. The molecule has 4 rings (SSSR count). The molecule has 0 bridgehead atoms. The van der Waals surface area contributed by atoms with Crippen molar-refractivity contribution in [1.29, 1.82) is 0 Å². The van der Waals surface area contributed by atoms with Crippen LogP contribution in [-0.4, -0.2) is 13.7 Å². The highest BCUT2D eigenvalue weighted by Crippen LogP contribution is 2.36. The number of hydrogen-bond donors (Lipinski definition) is 0. The van der Waals surface area contributed by atoms with Gasteiger partial charge in [0.25, 0.3) is 0 Å². The zero-order valence-electron chi connectivity index (χ0n) is 16.9. The highest BCUT2D eigenvalue weighted by Gasteiger charge is 2.25. The van der Waals surface area contributed by atoms with Crippen LogP contribution in [0.5, 0.6) is 0 Å². The molecule has 0 aliphatic carbocycles. The molecule has 4 aromatic rings. The van der Waals surface area contributed by atoms with Crippen LogP contribution in [0.15, 0.2) is 50.8 Å². The van der Waals surface area contributed by atoms with E-state index in [0.29, 0.717) is 13.7 Å². The summed E-state index contributed by atoms with van der Waals surface area (Å²) in [4.78, 5) is 41.0. The second kappa shape index (κ2) is 10.4. The average molecular weight is 667 g/mol. The van der Waals surface area contributed by atoms with Crippen LogP contribution >= 0.6 is 104 Å². The van der Waals surface area contributed by atoms with Crippen LogP contribution in [0.3, 0.4) is 0 Å². The largest absolute Gasteiger partial charge is 0.345 e. The normalized spacial score (nSPS) is 11.2. The summed E-state index contributed by atoms with van der Waals surface area (Å²) in [6.07, 6.45) is 0. The smallest absolute Gasteiger partial charge is 0.246 e. The van der Waals surface area contributed by atoms with E-state index in [0.717, 1.165) is 0 Å². The van der Waals surface area contributed by atoms with Crippen molar-refractivity contribution in [3.05, 3.63) is 113 Å². The molecule has 0 aliphatic heterocycles. The van der Waals surface area contributed by atoms with Gasteiger partial charge in [-0.25, -0.2) is 28.1 Å². The molecule has 186 valence electrons. The minimum atomic E-state index is -1.15. The fraction of sp³-hybridized carbons (Fsp3) is 0. The van der Waals surface area contributed by atoms with E-state index in [1.54, 1.807) is 0 Å². The fourth-order valence-corrected chi connectivity index (χ4v) is 5.07. The molecule has 0 unspecified atom stereocenters. The van der Waals surface area contributed by atoms with Gasteiger partial charge in [-0.05, 0) is 36.4 Å². The maximum atomic E-state index is 13.7. The number of hydrogen-bond acceptors (Lipinski definition) is 3. The van der Waals surface area contributed by atoms with Gasteiger partial charge in [0.15, 0.2) is 0 Å². The molecule has 6 nitrogen and oxygen atoms in total. The maximum absolute atomic E-state index is 13.7. The fourth-order valence-electron chi connectivity index (χ4n) is 3.23. The highest BCUT2D eigenvalue weighted by molar-refractivity contribution is 6.50. The summed E-state index contributed by atoms with van der Waals surface area (Å²) in [6.45, 7) is 0. The third-order valence-electron chi connectivity index (χ3n) is 4.91. The first-order chi connectivity index (χ1) is 16.9. The number of nitrogens with zero attached hydrogens (tertiary/aromatic N) is 3.